The summed E-state index contributed by atoms with van der Waals surface area (Å²) in [6.45, 7) is 1.97. The first-order valence-electron chi connectivity index (χ1n) is 5.22. The minimum atomic E-state index is -0.204. The molecule has 0 amide bonds. The molecule has 1 aromatic rings. The number of ether oxygens (including phenoxy) is 2. The Kier molecular flexibility index (Phi) is 4.58. The zero-order valence-electron chi connectivity index (χ0n) is 9.93. The van der Waals surface area contributed by atoms with Crippen molar-refractivity contribution in [1.29, 1.82) is 0 Å². The van der Waals surface area contributed by atoms with Gasteiger partial charge in [-0.1, -0.05) is 13.0 Å². The number of rotatable bonds is 5. The first-order valence-corrected chi connectivity index (χ1v) is 5.22. The van der Waals surface area contributed by atoms with E-state index in [2.05, 4.69) is 0 Å². The van der Waals surface area contributed by atoms with Gasteiger partial charge in [0.2, 0.25) is 0 Å². The third-order valence-electron chi connectivity index (χ3n) is 2.69. The van der Waals surface area contributed by atoms with Crippen LogP contribution in [-0.2, 0) is 0 Å². The largest absolute Gasteiger partial charge is 0.493 e. The Morgan fingerprint density at radius 1 is 1.25 bits per heavy atom. The number of nitrogens with two attached hydrogens (primary N) is 1. The summed E-state index contributed by atoms with van der Waals surface area (Å²) >= 11 is 0. The highest BCUT2D eigenvalue weighted by Gasteiger charge is 2.15. The van der Waals surface area contributed by atoms with Gasteiger partial charge in [-0.15, -0.1) is 0 Å². The molecular weight excluding hydrogens is 206 g/mol. The van der Waals surface area contributed by atoms with Gasteiger partial charge in [-0.2, -0.15) is 0 Å². The maximum absolute atomic E-state index is 9.06. The van der Waals surface area contributed by atoms with Gasteiger partial charge < -0.3 is 20.3 Å². The lowest BCUT2D eigenvalue weighted by molar-refractivity contribution is 0.217. The Morgan fingerprint density at radius 3 is 2.38 bits per heavy atom. The highest BCUT2D eigenvalue weighted by Crippen LogP contribution is 2.31. The molecule has 0 heterocycles. The second-order valence-electron chi connectivity index (χ2n) is 3.80. The molecule has 0 saturated carbocycles. The number of hydrogen-bond acceptors (Lipinski definition) is 4. The van der Waals surface area contributed by atoms with Crippen LogP contribution in [-0.4, -0.2) is 25.9 Å². The second kappa shape index (κ2) is 5.72. The monoisotopic (exact) mass is 225 g/mol. The summed E-state index contributed by atoms with van der Waals surface area (Å²) in [5, 5.41) is 9.06. The molecule has 0 radical (unpaired) electrons. The van der Waals surface area contributed by atoms with Crippen molar-refractivity contribution in [3.8, 4) is 11.5 Å². The van der Waals surface area contributed by atoms with Crippen LogP contribution in [0.3, 0.4) is 0 Å². The standard InChI is InChI=1S/C12H19NO3/c1-8(7-14)12(13)9-4-5-10(15-2)11(6-9)16-3/h4-6,8,12,14H,7,13H2,1-3H3/t8-,12?/m0/s1. The molecular formula is C12H19NO3. The maximum atomic E-state index is 9.06. The minimum absolute atomic E-state index is 0.0121. The molecule has 16 heavy (non-hydrogen) atoms. The summed E-state index contributed by atoms with van der Waals surface area (Å²) in [5.41, 5.74) is 6.94. The van der Waals surface area contributed by atoms with E-state index in [1.807, 2.05) is 25.1 Å². The predicted octanol–water partition coefficient (Wildman–Crippen LogP) is 1.33. The Morgan fingerprint density at radius 2 is 1.88 bits per heavy atom. The lowest BCUT2D eigenvalue weighted by atomic mass is 9.96. The van der Waals surface area contributed by atoms with Crippen LogP contribution in [0.2, 0.25) is 0 Å². The maximum Gasteiger partial charge on any atom is 0.161 e. The Balaban J connectivity index is 2.98. The molecule has 1 aromatic carbocycles. The molecule has 0 aliphatic heterocycles. The van der Waals surface area contributed by atoms with Crippen LogP contribution < -0.4 is 15.2 Å². The smallest absolute Gasteiger partial charge is 0.161 e. The zero-order chi connectivity index (χ0) is 12.1. The molecule has 1 unspecified atom stereocenters. The van der Waals surface area contributed by atoms with Crippen LogP contribution in [0.25, 0.3) is 0 Å². The average molecular weight is 225 g/mol. The molecule has 90 valence electrons. The van der Waals surface area contributed by atoms with Crippen molar-refractivity contribution < 1.29 is 14.6 Å². The van der Waals surface area contributed by atoms with Crippen molar-refractivity contribution in [2.45, 2.75) is 13.0 Å². The second-order valence-corrected chi connectivity index (χ2v) is 3.80. The van der Waals surface area contributed by atoms with Crippen LogP contribution in [0.4, 0.5) is 0 Å². The van der Waals surface area contributed by atoms with Crippen molar-refractivity contribution in [2.24, 2.45) is 11.7 Å². The Bertz CT molecular complexity index is 341. The van der Waals surface area contributed by atoms with E-state index in [0.29, 0.717) is 11.5 Å². The predicted molar refractivity (Wildman–Crippen MR) is 62.7 cm³/mol. The molecule has 0 aromatic heterocycles. The van der Waals surface area contributed by atoms with Crippen LogP contribution in [0.5, 0.6) is 11.5 Å². The average Bonchev–Trinajstić information content (AvgIpc) is 2.35. The van der Waals surface area contributed by atoms with Gasteiger partial charge in [0.05, 0.1) is 14.2 Å². The lowest BCUT2D eigenvalue weighted by Gasteiger charge is -2.19. The van der Waals surface area contributed by atoms with Gasteiger partial charge in [0, 0.05) is 12.6 Å². The first-order chi connectivity index (χ1) is 7.63. The van der Waals surface area contributed by atoms with E-state index >= 15 is 0 Å². The molecule has 0 aliphatic carbocycles. The molecule has 0 fully saturated rings. The molecule has 4 heteroatoms. The molecule has 0 saturated heterocycles. The van der Waals surface area contributed by atoms with Gasteiger partial charge >= 0.3 is 0 Å². The SMILES string of the molecule is COc1ccc(C(N)[C@@H](C)CO)cc1OC. The minimum Gasteiger partial charge on any atom is -0.493 e. The fourth-order valence-corrected chi connectivity index (χ4v) is 1.50. The number of methoxy groups -OCH3 is 2. The number of hydrogen-bond donors (Lipinski definition) is 2. The van der Waals surface area contributed by atoms with Crippen molar-refractivity contribution in [2.75, 3.05) is 20.8 Å². The van der Waals surface area contributed by atoms with Crippen molar-refractivity contribution >= 4 is 0 Å². The summed E-state index contributed by atoms with van der Waals surface area (Å²) in [4.78, 5) is 0. The molecule has 2 atom stereocenters. The third-order valence-corrected chi connectivity index (χ3v) is 2.69. The summed E-state index contributed by atoms with van der Waals surface area (Å²) in [6.07, 6.45) is 0. The Labute approximate surface area is 96.0 Å². The molecule has 0 bridgehead atoms. The lowest BCUT2D eigenvalue weighted by Crippen LogP contribution is -2.21. The number of aliphatic hydroxyl groups excluding tert-OH is 1. The fourth-order valence-electron chi connectivity index (χ4n) is 1.50. The van der Waals surface area contributed by atoms with Gasteiger partial charge in [-0.3, -0.25) is 0 Å². The summed E-state index contributed by atoms with van der Waals surface area (Å²) in [7, 11) is 3.18. The molecule has 1 rings (SSSR count). The topological polar surface area (TPSA) is 64.7 Å². The zero-order valence-corrected chi connectivity index (χ0v) is 9.93. The van der Waals surface area contributed by atoms with Gasteiger partial charge in [-0.25, -0.2) is 0 Å². The van der Waals surface area contributed by atoms with E-state index in [4.69, 9.17) is 20.3 Å². The Hall–Kier alpha value is -1.26. The fraction of sp³-hybridized carbons (Fsp3) is 0.500. The highest BCUT2D eigenvalue weighted by molar-refractivity contribution is 5.43. The van der Waals surface area contributed by atoms with E-state index in [1.54, 1.807) is 14.2 Å². The molecule has 0 spiro atoms. The quantitative estimate of drug-likeness (QED) is 0.793. The summed E-state index contributed by atoms with van der Waals surface area (Å²) in [6, 6.07) is 5.34. The van der Waals surface area contributed by atoms with Crippen LogP contribution in [0.15, 0.2) is 18.2 Å². The van der Waals surface area contributed by atoms with Crippen molar-refractivity contribution in [3.63, 3.8) is 0 Å². The van der Waals surface area contributed by atoms with E-state index in [0.717, 1.165) is 5.56 Å². The van der Waals surface area contributed by atoms with Crippen LogP contribution in [0, 0.1) is 5.92 Å². The summed E-state index contributed by atoms with van der Waals surface area (Å²) in [5.74, 6) is 1.34. The van der Waals surface area contributed by atoms with Gasteiger partial charge in [0.25, 0.3) is 0 Å². The number of benzene rings is 1. The molecule has 0 aliphatic rings. The normalized spacial score (nSPS) is 14.3. The third kappa shape index (κ3) is 2.65. The van der Waals surface area contributed by atoms with E-state index in [9.17, 15) is 0 Å². The molecule has 3 N–H and O–H groups in total. The van der Waals surface area contributed by atoms with E-state index in [1.165, 1.54) is 0 Å². The summed E-state index contributed by atoms with van der Waals surface area (Å²) < 4.78 is 10.3. The number of aliphatic hydroxyl groups is 1. The van der Waals surface area contributed by atoms with E-state index in [-0.39, 0.29) is 18.6 Å². The van der Waals surface area contributed by atoms with Crippen molar-refractivity contribution in [1.82, 2.24) is 0 Å². The van der Waals surface area contributed by atoms with Crippen LogP contribution >= 0.6 is 0 Å². The van der Waals surface area contributed by atoms with Gasteiger partial charge in [0.15, 0.2) is 11.5 Å². The van der Waals surface area contributed by atoms with E-state index < -0.39 is 0 Å². The van der Waals surface area contributed by atoms with Gasteiger partial charge in [-0.05, 0) is 23.6 Å². The first kappa shape index (κ1) is 12.8. The molecule has 4 nitrogen and oxygen atoms in total. The highest BCUT2D eigenvalue weighted by atomic mass is 16.5. The van der Waals surface area contributed by atoms with Crippen molar-refractivity contribution in [3.05, 3.63) is 23.8 Å². The van der Waals surface area contributed by atoms with Gasteiger partial charge in [0.1, 0.15) is 0 Å². The van der Waals surface area contributed by atoms with Crippen LogP contribution in [0.1, 0.15) is 18.5 Å².